The highest BCUT2D eigenvalue weighted by atomic mass is 79.9. The molecule has 0 bridgehead atoms. The van der Waals surface area contributed by atoms with Crippen LogP contribution in [0.1, 0.15) is 0 Å². The summed E-state index contributed by atoms with van der Waals surface area (Å²) >= 11 is 3.39. The van der Waals surface area contributed by atoms with Crippen LogP contribution < -0.4 is 0 Å². The van der Waals surface area contributed by atoms with Gasteiger partial charge in [0.15, 0.2) is 0 Å². The predicted molar refractivity (Wildman–Crippen MR) is 58.8 cm³/mol. The molecule has 0 fully saturated rings. The average Bonchev–Trinajstić information content (AvgIpc) is 2.67. The molecule has 0 aliphatic carbocycles. The van der Waals surface area contributed by atoms with E-state index >= 15 is 0 Å². The van der Waals surface area contributed by atoms with Gasteiger partial charge in [0, 0.05) is 16.2 Å². The molecule has 5 heteroatoms. The molecule has 0 aliphatic heterocycles. The molecular weight excluding hydrogens is 260 g/mol. The third kappa shape index (κ3) is 1.92. The van der Waals surface area contributed by atoms with Crippen molar-refractivity contribution < 1.29 is 9.90 Å². The van der Waals surface area contributed by atoms with Crippen molar-refractivity contribution in [3.8, 4) is 11.1 Å². The fourth-order valence-corrected chi connectivity index (χ4v) is 1.78. The van der Waals surface area contributed by atoms with Crippen LogP contribution in [0.5, 0.6) is 0 Å². The molecule has 1 aromatic heterocycles. The van der Waals surface area contributed by atoms with Crippen LogP contribution >= 0.6 is 15.9 Å². The Balaban J connectivity index is 2.46. The Labute approximate surface area is 94.3 Å². The van der Waals surface area contributed by atoms with E-state index < -0.39 is 6.09 Å². The Morgan fingerprint density at radius 3 is 2.73 bits per heavy atom. The van der Waals surface area contributed by atoms with Crippen molar-refractivity contribution in [1.29, 1.82) is 0 Å². The first-order valence-electron chi connectivity index (χ1n) is 4.21. The van der Waals surface area contributed by atoms with E-state index in [1.165, 1.54) is 12.4 Å². The highest BCUT2D eigenvalue weighted by molar-refractivity contribution is 9.10. The number of carboxylic acid groups (broad SMARTS) is 1. The SMILES string of the molecule is O=C(O)n1cc(-c2ccccc2Br)cn1. The largest absolute Gasteiger partial charge is 0.463 e. The molecule has 0 amide bonds. The monoisotopic (exact) mass is 266 g/mol. The van der Waals surface area contributed by atoms with Crippen LogP contribution in [0, 0.1) is 0 Å². The maximum Gasteiger partial charge on any atom is 0.432 e. The molecule has 0 saturated heterocycles. The van der Waals surface area contributed by atoms with E-state index in [1.807, 2.05) is 24.3 Å². The van der Waals surface area contributed by atoms with E-state index in [4.69, 9.17) is 5.11 Å². The van der Waals surface area contributed by atoms with Gasteiger partial charge in [0.05, 0.1) is 6.20 Å². The maximum absolute atomic E-state index is 10.6. The lowest BCUT2D eigenvalue weighted by atomic mass is 10.1. The molecule has 1 aromatic carbocycles. The summed E-state index contributed by atoms with van der Waals surface area (Å²) in [5, 5.41) is 12.4. The quantitative estimate of drug-likeness (QED) is 0.864. The van der Waals surface area contributed by atoms with Crippen LogP contribution in [0.2, 0.25) is 0 Å². The van der Waals surface area contributed by atoms with E-state index in [1.54, 1.807) is 0 Å². The summed E-state index contributed by atoms with van der Waals surface area (Å²) in [4.78, 5) is 10.6. The number of benzene rings is 1. The molecule has 0 atom stereocenters. The van der Waals surface area contributed by atoms with Gasteiger partial charge in [-0.05, 0) is 11.6 Å². The number of rotatable bonds is 1. The van der Waals surface area contributed by atoms with Crippen molar-refractivity contribution in [2.75, 3.05) is 0 Å². The number of carbonyl (C=O) groups is 1. The van der Waals surface area contributed by atoms with E-state index in [-0.39, 0.29) is 0 Å². The van der Waals surface area contributed by atoms with Gasteiger partial charge >= 0.3 is 6.09 Å². The number of hydrogen-bond donors (Lipinski definition) is 1. The normalized spacial score (nSPS) is 10.2. The smallest absolute Gasteiger partial charge is 0.432 e. The van der Waals surface area contributed by atoms with E-state index in [0.29, 0.717) is 0 Å². The first-order valence-corrected chi connectivity index (χ1v) is 5.00. The molecule has 0 unspecified atom stereocenters. The molecule has 0 aliphatic rings. The second kappa shape index (κ2) is 3.86. The van der Waals surface area contributed by atoms with Gasteiger partial charge in [0.2, 0.25) is 0 Å². The van der Waals surface area contributed by atoms with Gasteiger partial charge in [0.1, 0.15) is 0 Å². The summed E-state index contributed by atoms with van der Waals surface area (Å²) in [6, 6.07) is 7.58. The van der Waals surface area contributed by atoms with Gasteiger partial charge in [-0.15, -0.1) is 0 Å². The van der Waals surface area contributed by atoms with Crippen molar-refractivity contribution >= 4 is 22.0 Å². The van der Waals surface area contributed by atoms with Gasteiger partial charge < -0.3 is 5.11 Å². The van der Waals surface area contributed by atoms with Gasteiger partial charge in [-0.25, -0.2) is 4.79 Å². The first kappa shape index (κ1) is 9.92. The molecule has 2 aromatic rings. The van der Waals surface area contributed by atoms with Gasteiger partial charge in [-0.1, -0.05) is 34.1 Å². The Kier molecular flexibility index (Phi) is 2.55. The van der Waals surface area contributed by atoms with E-state index in [9.17, 15) is 4.79 Å². The van der Waals surface area contributed by atoms with Gasteiger partial charge in [-0.3, -0.25) is 0 Å². The summed E-state index contributed by atoms with van der Waals surface area (Å²) in [7, 11) is 0. The van der Waals surface area contributed by atoms with Crippen LogP contribution in [0.25, 0.3) is 11.1 Å². The molecule has 15 heavy (non-hydrogen) atoms. The highest BCUT2D eigenvalue weighted by Crippen LogP contribution is 2.27. The highest BCUT2D eigenvalue weighted by Gasteiger charge is 2.07. The molecular formula is C10H7BrN2O2. The first-order chi connectivity index (χ1) is 7.18. The molecule has 0 radical (unpaired) electrons. The molecule has 76 valence electrons. The summed E-state index contributed by atoms with van der Waals surface area (Å²) in [6.07, 6.45) is 1.91. The number of nitrogens with zero attached hydrogens (tertiary/aromatic N) is 2. The standard InChI is InChI=1S/C10H7BrN2O2/c11-9-4-2-1-3-8(9)7-5-12-13(6-7)10(14)15/h1-6H,(H,14,15). The maximum atomic E-state index is 10.6. The van der Waals surface area contributed by atoms with Crippen molar-refractivity contribution in [2.45, 2.75) is 0 Å². The fourth-order valence-electron chi connectivity index (χ4n) is 1.26. The zero-order chi connectivity index (χ0) is 10.8. The zero-order valence-corrected chi connectivity index (χ0v) is 9.18. The minimum atomic E-state index is -1.09. The third-order valence-corrected chi connectivity index (χ3v) is 2.65. The minimum Gasteiger partial charge on any atom is -0.463 e. The summed E-state index contributed by atoms with van der Waals surface area (Å²) in [6.45, 7) is 0. The summed E-state index contributed by atoms with van der Waals surface area (Å²) in [5.41, 5.74) is 1.69. The van der Waals surface area contributed by atoms with Crippen LogP contribution in [-0.2, 0) is 0 Å². The van der Waals surface area contributed by atoms with Crippen molar-refractivity contribution in [3.63, 3.8) is 0 Å². The molecule has 2 rings (SSSR count). The topological polar surface area (TPSA) is 55.1 Å². The fraction of sp³-hybridized carbons (Fsp3) is 0. The third-order valence-electron chi connectivity index (χ3n) is 1.96. The van der Waals surface area contributed by atoms with Crippen LogP contribution in [0.3, 0.4) is 0 Å². The Morgan fingerprint density at radius 2 is 2.13 bits per heavy atom. The van der Waals surface area contributed by atoms with Crippen LogP contribution in [0.4, 0.5) is 4.79 Å². The molecule has 4 nitrogen and oxygen atoms in total. The minimum absolute atomic E-state index is 0.768. The van der Waals surface area contributed by atoms with Gasteiger partial charge in [-0.2, -0.15) is 9.78 Å². The number of aromatic nitrogens is 2. The second-order valence-electron chi connectivity index (χ2n) is 2.94. The van der Waals surface area contributed by atoms with Crippen molar-refractivity contribution in [2.24, 2.45) is 0 Å². The van der Waals surface area contributed by atoms with Crippen molar-refractivity contribution in [3.05, 3.63) is 41.1 Å². The molecule has 0 spiro atoms. The zero-order valence-electron chi connectivity index (χ0n) is 7.59. The summed E-state index contributed by atoms with van der Waals surface area (Å²) in [5.74, 6) is 0. The Hall–Kier alpha value is -1.62. The van der Waals surface area contributed by atoms with Crippen LogP contribution in [0.15, 0.2) is 41.1 Å². The predicted octanol–water partition coefficient (Wildman–Crippen LogP) is 2.84. The van der Waals surface area contributed by atoms with Crippen LogP contribution in [-0.4, -0.2) is 21.0 Å². The molecule has 0 saturated carbocycles. The Bertz CT molecular complexity index is 508. The number of halogens is 1. The van der Waals surface area contributed by atoms with Crippen molar-refractivity contribution in [1.82, 2.24) is 9.78 Å². The average molecular weight is 267 g/mol. The van der Waals surface area contributed by atoms with E-state index in [0.717, 1.165) is 20.3 Å². The lowest BCUT2D eigenvalue weighted by molar-refractivity contribution is 0.192. The lowest BCUT2D eigenvalue weighted by Crippen LogP contribution is -2.07. The molecule has 1 heterocycles. The second-order valence-corrected chi connectivity index (χ2v) is 3.79. The lowest BCUT2D eigenvalue weighted by Gasteiger charge is -1.99. The Morgan fingerprint density at radius 1 is 1.40 bits per heavy atom. The number of hydrogen-bond acceptors (Lipinski definition) is 2. The molecule has 1 N–H and O–H groups in total. The van der Waals surface area contributed by atoms with E-state index in [2.05, 4.69) is 21.0 Å². The summed E-state index contributed by atoms with van der Waals surface area (Å²) < 4.78 is 1.80. The van der Waals surface area contributed by atoms with Gasteiger partial charge in [0.25, 0.3) is 0 Å².